The molecule has 0 saturated carbocycles. The summed E-state index contributed by atoms with van der Waals surface area (Å²) in [5, 5.41) is 3.60. The fourth-order valence-corrected chi connectivity index (χ4v) is 2.91. The molecule has 122 valence electrons. The summed E-state index contributed by atoms with van der Waals surface area (Å²) in [6, 6.07) is 0.519. The molecule has 2 saturated heterocycles. The Hall–Kier alpha value is -0.810. The van der Waals surface area contributed by atoms with Gasteiger partial charge in [0.2, 0.25) is 0 Å². The minimum atomic E-state index is -0.409. The quantitative estimate of drug-likeness (QED) is 0.866. The van der Waals surface area contributed by atoms with Crippen molar-refractivity contribution in [1.82, 2.24) is 10.2 Å². The summed E-state index contributed by atoms with van der Waals surface area (Å²) in [4.78, 5) is 13.8. The first-order valence-electron chi connectivity index (χ1n) is 8.27. The van der Waals surface area contributed by atoms with Crippen molar-refractivity contribution in [3.05, 3.63) is 0 Å². The van der Waals surface area contributed by atoms with Gasteiger partial charge in [0, 0.05) is 25.7 Å². The maximum Gasteiger partial charge on any atom is 0.410 e. The van der Waals surface area contributed by atoms with Crippen LogP contribution in [-0.2, 0) is 9.47 Å². The van der Waals surface area contributed by atoms with Crippen molar-refractivity contribution in [2.45, 2.75) is 70.6 Å². The molecule has 2 rings (SSSR count). The fraction of sp³-hybridized carbons (Fsp3) is 0.938. The summed E-state index contributed by atoms with van der Waals surface area (Å²) < 4.78 is 11.0. The molecule has 2 fully saturated rings. The highest BCUT2D eigenvalue weighted by Gasteiger charge is 2.26. The number of rotatable bonds is 4. The molecule has 5 heteroatoms. The van der Waals surface area contributed by atoms with Crippen molar-refractivity contribution in [3.8, 4) is 0 Å². The lowest BCUT2D eigenvalue weighted by molar-refractivity contribution is 0.0197. The molecule has 0 aromatic rings. The zero-order valence-electron chi connectivity index (χ0n) is 13.7. The fourth-order valence-electron chi connectivity index (χ4n) is 2.91. The molecule has 1 unspecified atom stereocenters. The van der Waals surface area contributed by atoms with Crippen molar-refractivity contribution in [2.24, 2.45) is 0 Å². The van der Waals surface area contributed by atoms with E-state index >= 15 is 0 Å². The molecule has 0 aliphatic carbocycles. The largest absolute Gasteiger partial charge is 0.444 e. The van der Waals surface area contributed by atoms with Crippen LogP contribution in [0.4, 0.5) is 4.79 Å². The minimum Gasteiger partial charge on any atom is -0.444 e. The van der Waals surface area contributed by atoms with Gasteiger partial charge in [0.1, 0.15) is 5.60 Å². The lowest BCUT2D eigenvalue weighted by Crippen LogP contribution is -2.46. The van der Waals surface area contributed by atoms with Gasteiger partial charge in [0.05, 0.1) is 6.10 Å². The molecule has 2 heterocycles. The van der Waals surface area contributed by atoms with Crippen LogP contribution in [0.2, 0.25) is 0 Å². The Morgan fingerprint density at radius 3 is 2.57 bits per heavy atom. The van der Waals surface area contributed by atoms with E-state index in [1.54, 1.807) is 0 Å². The molecule has 21 heavy (non-hydrogen) atoms. The van der Waals surface area contributed by atoms with Gasteiger partial charge in [-0.3, -0.25) is 0 Å². The number of ether oxygens (including phenoxy) is 2. The van der Waals surface area contributed by atoms with Gasteiger partial charge in [-0.15, -0.1) is 0 Å². The normalized spacial score (nSPS) is 24.3. The van der Waals surface area contributed by atoms with E-state index in [9.17, 15) is 4.79 Å². The summed E-state index contributed by atoms with van der Waals surface area (Å²) in [7, 11) is 0. The molecule has 0 spiro atoms. The van der Waals surface area contributed by atoms with E-state index in [1.165, 1.54) is 12.8 Å². The van der Waals surface area contributed by atoms with Crippen molar-refractivity contribution < 1.29 is 14.3 Å². The van der Waals surface area contributed by atoms with E-state index in [0.717, 1.165) is 45.5 Å². The number of likely N-dealkylation sites (tertiary alicyclic amines) is 1. The Morgan fingerprint density at radius 1 is 1.29 bits per heavy atom. The zero-order chi connectivity index (χ0) is 15.3. The van der Waals surface area contributed by atoms with E-state index in [1.807, 2.05) is 25.7 Å². The molecule has 0 aromatic heterocycles. The van der Waals surface area contributed by atoms with E-state index in [0.29, 0.717) is 12.1 Å². The second-order valence-corrected chi connectivity index (χ2v) is 7.12. The third-order valence-electron chi connectivity index (χ3n) is 4.07. The van der Waals surface area contributed by atoms with Gasteiger partial charge in [0.25, 0.3) is 0 Å². The lowest BCUT2D eigenvalue weighted by atomic mass is 10.0. The third-order valence-corrected chi connectivity index (χ3v) is 4.07. The summed E-state index contributed by atoms with van der Waals surface area (Å²) in [5.41, 5.74) is -0.409. The van der Waals surface area contributed by atoms with E-state index in [2.05, 4.69) is 5.32 Å². The van der Waals surface area contributed by atoms with Crippen LogP contribution >= 0.6 is 0 Å². The van der Waals surface area contributed by atoms with Crippen LogP contribution in [0.5, 0.6) is 0 Å². The maximum atomic E-state index is 12.0. The van der Waals surface area contributed by atoms with Crippen LogP contribution in [0, 0.1) is 0 Å². The van der Waals surface area contributed by atoms with Gasteiger partial charge >= 0.3 is 6.09 Å². The molecule has 0 radical (unpaired) electrons. The van der Waals surface area contributed by atoms with Crippen LogP contribution in [-0.4, -0.2) is 55.0 Å². The Balaban J connectivity index is 1.60. The van der Waals surface area contributed by atoms with Gasteiger partial charge < -0.3 is 19.7 Å². The van der Waals surface area contributed by atoms with E-state index < -0.39 is 5.60 Å². The SMILES string of the molecule is CC(C)(C)OC(=O)N1CCC(NCCC2CCCO2)CC1. The first kappa shape index (κ1) is 16.6. The Kier molecular flexibility index (Phi) is 5.88. The molecule has 1 amide bonds. The van der Waals surface area contributed by atoms with Crippen LogP contribution < -0.4 is 5.32 Å². The molecule has 0 aromatic carbocycles. The van der Waals surface area contributed by atoms with E-state index in [4.69, 9.17) is 9.47 Å². The van der Waals surface area contributed by atoms with Gasteiger partial charge in [-0.05, 0) is 59.4 Å². The highest BCUT2D eigenvalue weighted by Crippen LogP contribution is 2.17. The average molecular weight is 298 g/mol. The number of carbonyl (C=O) groups excluding carboxylic acids is 1. The molecule has 5 nitrogen and oxygen atoms in total. The summed E-state index contributed by atoms with van der Waals surface area (Å²) in [6.45, 7) is 9.23. The molecular formula is C16H30N2O3. The molecule has 1 atom stereocenters. The first-order valence-corrected chi connectivity index (χ1v) is 8.27. The highest BCUT2D eigenvalue weighted by atomic mass is 16.6. The molecule has 2 aliphatic heterocycles. The lowest BCUT2D eigenvalue weighted by Gasteiger charge is -2.34. The first-order chi connectivity index (χ1) is 9.94. The van der Waals surface area contributed by atoms with E-state index in [-0.39, 0.29) is 6.09 Å². The van der Waals surface area contributed by atoms with Crippen molar-refractivity contribution in [3.63, 3.8) is 0 Å². The number of nitrogens with one attached hydrogen (secondary N) is 1. The standard InChI is InChI=1S/C16H30N2O3/c1-16(2,3)21-15(19)18-10-7-13(8-11-18)17-9-6-14-5-4-12-20-14/h13-14,17H,4-12H2,1-3H3. The number of hydrogen-bond acceptors (Lipinski definition) is 4. The summed E-state index contributed by atoms with van der Waals surface area (Å²) in [5.74, 6) is 0. The Labute approximate surface area is 128 Å². The van der Waals surface area contributed by atoms with Crippen molar-refractivity contribution in [1.29, 1.82) is 0 Å². The number of hydrogen-bond donors (Lipinski definition) is 1. The second-order valence-electron chi connectivity index (χ2n) is 7.12. The molecule has 0 bridgehead atoms. The molecule has 2 aliphatic rings. The number of carbonyl (C=O) groups is 1. The topological polar surface area (TPSA) is 50.8 Å². The number of nitrogens with zero attached hydrogens (tertiary/aromatic N) is 1. The van der Waals surface area contributed by atoms with Crippen LogP contribution in [0.25, 0.3) is 0 Å². The molecular weight excluding hydrogens is 268 g/mol. The van der Waals surface area contributed by atoms with Crippen LogP contribution in [0.3, 0.4) is 0 Å². The Morgan fingerprint density at radius 2 is 2.00 bits per heavy atom. The number of piperidine rings is 1. The maximum absolute atomic E-state index is 12.0. The number of amides is 1. The van der Waals surface area contributed by atoms with Gasteiger partial charge in [-0.25, -0.2) is 4.79 Å². The summed E-state index contributed by atoms with van der Waals surface area (Å²) in [6.07, 6.45) is 5.80. The van der Waals surface area contributed by atoms with Gasteiger partial charge in [0.15, 0.2) is 0 Å². The van der Waals surface area contributed by atoms with Crippen molar-refractivity contribution in [2.75, 3.05) is 26.2 Å². The van der Waals surface area contributed by atoms with Crippen molar-refractivity contribution >= 4 is 6.09 Å². The van der Waals surface area contributed by atoms with Gasteiger partial charge in [-0.1, -0.05) is 0 Å². The van der Waals surface area contributed by atoms with Gasteiger partial charge in [-0.2, -0.15) is 0 Å². The Bertz CT molecular complexity index is 327. The second kappa shape index (κ2) is 7.45. The predicted octanol–water partition coefficient (Wildman–Crippen LogP) is 2.54. The van der Waals surface area contributed by atoms with Crippen LogP contribution in [0.1, 0.15) is 52.9 Å². The average Bonchev–Trinajstić information content (AvgIpc) is 2.91. The third kappa shape index (κ3) is 5.83. The molecule has 1 N–H and O–H groups in total. The highest BCUT2D eigenvalue weighted by molar-refractivity contribution is 5.68. The van der Waals surface area contributed by atoms with Crippen LogP contribution in [0.15, 0.2) is 0 Å². The smallest absolute Gasteiger partial charge is 0.410 e. The minimum absolute atomic E-state index is 0.180. The summed E-state index contributed by atoms with van der Waals surface area (Å²) >= 11 is 0. The zero-order valence-corrected chi connectivity index (χ0v) is 13.7. The predicted molar refractivity (Wildman–Crippen MR) is 82.4 cm³/mol. The monoisotopic (exact) mass is 298 g/mol.